The van der Waals surface area contributed by atoms with Crippen molar-refractivity contribution in [3.8, 4) is 11.5 Å². The molecule has 16 heavy (non-hydrogen) atoms. The third-order valence-electron chi connectivity index (χ3n) is 2.69. The first-order chi connectivity index (χ1) is 7.65. The highest BCUT2D eigenvalue weighted by Gasteiger charge is 2.23. The third-order valence-corrected chi connectivity index (χ3v) is 3.19. The van der Waals surface area contributed by atoms with E-state index in [0.717, 1.165) is 11.1 Å². The zero-order valence-corrected chi connectivity index (χ0v) is 9.75. The highest BCUT2D eigenvalue weighted by atomic mass is 35.5. The van der Waals surface area contributed by atoms with Gasteiger partial charge in [-0.15, -0.1) is 0 Å². The smallest absolute Gasteiger partial charge is 0.231 e. The van der Waals surface area contributed by atoms with Gasteiger partial charge < -0.3 is 20.3 Å². The molecular formula is C11H14ClNO3. The van der Waals surface area contributed by atoms with Gasteiger partial charge in [0.15, 0.2) is 11.5 Å². The molecule has 0 saturated carbocycles. The molecule has 0 aliphatic carbocycles. The van der Waals surface area contributed by atoms with Gasteiger partial charge in [-0.1, -0.05) is 11.6 Å². The van der Waals surface area contributed by atoms with Crippen LogP contribution in [0.25, 0.3) is 0 Å². The quantitative estimate of drug-likeness (QED) is 0.849. The van der Waals surface area contributed by atoms with E-state index in [2.05, 4.69) is 0 Å². The summed E-state index contributed by atoms with van der Waals surface area (Å²) < 4.78 is 10.6. The largest absolute Gasteiger partial charge is 0.454 e. The molecule has 0 amide bonds. The molecular weight excluding hydrogens is 230 g/mol. The van der Waals surface area contributed by atoms with Crippen LogP contribution in [0.3, 0.4) is 0 Å². The Hall–Kier alpha value is -0.970. The van der Waals surface area contributed by atoms with Crippen molar-refractivity contribution in [1.82, 2.24) is 0 Å². The van der Waals surface area contributed by atoms with Gasteiger partial charge >= 0.3 is 0 Å². The minimum absolute atomic E-state index is 0.0327. The van der Waals surface area contributed by atoms with Gasteiger partial charge in [-0.3, -0.25) is 0 Å². The maximum absolute atomic E-state index is 8.87. The van der Waals surface area contributed by atoms with Crippen LogP contribution in [-0.2, 0) is 0 Å². The normalized spacial score (nSPS) is 15.2. The summed E-state index contributed by atoms with van der Waals surface area (Å²) in [5.41, 5.74) is 7.55. The zero-order valence-electron chi connectivity index (χ0n) is 9.00. The van der Waals surface area contributed by atoms with Crippen LogP contribution in [-0.4, -0.2) is 18.5 Å². The predicted octanol–water partition coefficient (Wildman–Crippen LogP) is 1.76. The van der Waals surface area contributed by atoms with Crippen LogP contribution in [0, 0.1) is 6.92 Å². The predicted molar refractivity (Wildman–Crippen MR) is 60.9 cm³/mol. The van der Waals surface area contributed by atoms with Gasteiger partial charge in [-0.05, 0) is 25.0 Å². The van der Waals surface area contributed by atoms with Crippen LogP contribution < -0.4 is 15.2 Å². The number of rotatable bonds is 3. The number of hydrogen-bond acceptors (Lipinski definition) is 4. The topological polar surface area (TPSA) is 64.7 Å². The van der Waals surface area contributed by atoms with E-state index in [1.54, 1.807) is 6.07 Å². The molecule has 0 bridgehead atoms. The highest BCUT2D eigenvalue weighted by Crippen LogP contribution is 2.42. The van der Waals surface area contributed by atoms with Gasteiger partial charge in [0.25, 0.3) is 0 Å². The van der Waals surface area contributed by atoms with E-state index in [9.17, 15) is 0 Å². The number of aliphatic hydroxyl groups excluding tert-OH is 1. The summed E-state index contributed by atoms with van der Waals surface area (Å²) in [6, 6.07) is 1.50. The average Bonchev–Trinajstić information content (AvgIpc) is 2.71. The maximum atomic E-state index is 8.87. The first-order valence-corrected chi connectivity index (χ1v) is 5.48. The Labute approximate surface area is 98.9 Å². The van der Waals surface area contributed by atoms with Crippen LogP contribution in [0.5, 0.6) is 11.5 Å². The Kier molecular flexibility index (Phi) is 3.23. The molecule has 0 fully saturated rings. The number of fused-ring (bicyclic) bond motifs is 1. The molecule has 1 aliphatic rings. The van der Waals surface area contributed by atoms with E-state index in [-0.39, 0.29) is 19.4 Å². The van der Waals surface area contributed by atoms with Crippen molar-refractivity contribution >= 4 is 11.6 Å². The minimum atomic E-state index is -0.286. The molecule has 1 aromatic rings. The van der Waals surface area contributed by atoms with Gasteiger partial charge in [0.1, 0.15) is 0 Å². The molecule has 1 aliphatic heterocycles. The van der Waals surface area contributed by atoms with Crippen molar-refractivity contribution < 1.29 is 14.6 Å². The molecule has 1 heterocycles. The third kappa shape index (κ3) is 1.84. The number of hydrogen-bond donors (Lipinski definition) is 2. The van der Waals surface area contributed by atoms with E-state index in [4.69, 9.17) is 31.9 Å². The molecule has 0 spiro atoms. The van der Waals surface area contributed by atoms with Gasteiger partial charge in [-0.2, -0.15) is 0 Å². The van der Waals surface area contributed by atoms with Crippen molar-refractivity contribution in [2.75, 3.05) is 13.4 Å². The van der Waals surface area contributed by atoms with Gasteiger partial charge in [0.05, 0.1) is 5.02 Å². The summed E-state index contributed by atoms with van der Waals surface area (Å²) in [7, 11) is 0. The summed E-state index contributed by atoms with van der Waals surface area (Å²) in [4.78, 5) is 0. The maximum Gasteiger partial charge on any atom is 0.231 e. The van der Waals surface area contributed by atoms with Gasteiger partial charge in [0.2, 0.25) is 6.79 Å². The second kappa shape index (κ2) is 4.49. The lowest BCUT2D eigenvalue weighted by Gasteiger charge is -2.15. The number of ether oxygens (including phenoxy) is 2. The fraction of sp³-hybridized carbons (Fsp3) is 0.455. The number of aliphatic hydroxyl groups is 1. The van der Waals surface area contributed by atoms with Crippen LogP contribution >= 0.6 is 11.6 Å². The molecule has 1 aromatic carbocycles. The highest BCUT2D eigenvalue weighted by molar-refractivity contribution is 6.32. The molecule has 1 unspecified atom stereocenters. The van der Waals surface area contributed by atoms with Crippen LogP contribution in [0.2, 0.25) is 5.02 Å². The van der Waals surface area contributed by atoms with E-state index in [1.165, 1.54) is 0 Å². The van der Waals surface area contributed by atoms with Crippen molar-refractivity contribution in [1.29, 1.82) is 0 Å². The molecule has 1 atom stereocenters. The van der Waals surface area contributed by atoms with Crippen LogP contribution in [0.1, 0.15) is 23.6 Å². The SMILES string of the molecule is Cc1c(Cl)c(C(N)CCO)cc2c1OCO2. The fourth-order valence-electron chi connectivity index (χ4n) is 1.77. The Balaban J connectivity index is 2.43. The van der Waals surface area contributed by atoms with Crippen LogP contribution in [0.4, 0.5) is 0 Å². The number of benzene rings is 1. The Morgan fingerprint density at radius 3 is 3.00 bits per heavy atom. The average molecular weight is 244 g/mol. The van der Waals surface area contributed by atoms with E-state index in [1.807, 2.05) is 6.92 Å². The molecule has 0 saturated heterocycles. The molecule has 3 N–H and O–H groups in total. The minimum Gasteiger partial charge on any atom is -0.454 e. The Morgan fingerprint density at radius 2 is 2.31 bits per heavy atom. The summed E-state index contributed by atoms with van der Waals surface area (Å²) in [5.74, 6) is 1.36. The second-order valence-corrected chi connectivity index (χ2v) is 4.14. The second-order valence-electron chi connectivity index (χ2n) is 3.76. The summed E-state index contributed by atoms with van der Waals surface area (Å²) in [5, 5.41) is 9.46. The zero-order chi connectivity index (χ0) is 11.7. The molecule has 5 heteroatoms. The van der Waals surface area contributed by atoms with Crippen molar-refractivity contribution in [2.45, 2.75) is 19.4 Å². The summed E-state index contributed by atoms with van der Waals surface area (Å²) in [6.07, 6.45) is 0.471. The van der Waals surface area contributed by atoms with Crippen molar-refractivity contribution in [3.63, 3.8) is 0 Å². The number of halogens is 1. The standard InChI is InChI=1S/C11H14ClNO3/c1-6-10(12)7(8(13)2-3-14)4-9-11(6)16-5-15-9/h4,8,14H,2-3,5,13H2,1H3. The van der Waals surface area contributed by atoms with Gasteiger partial charge in [0, 0.05) is 18.2 Å². The first kappa shape index (κ1) is 11.5. The Bertz CT molecular complexity index is 409. The molecule has 4 nitrogen and oxygen atoms in total. The first-order valence-electron chi connectivity index (χ1n) is 5.10. The van der Waals surface area contributed by atoms with E-state index in [0.29, 0.717) is 22.9 Å². The lowest BCUT2D eigenvalue weighted by molar-refractivity contribution is 0.173. The van der Waals surface area contributed by atoms with Crippen molar-refractivity contribution in [2.24, 2.45) is 5.73 Å². The van der Waals surface area contributed by atoms with E-state index < -0.39 is 0 Å². The van der Waals surface area contributed by atoms with Crippen molar-refractivity contribution in [3.05, 3.63) is 22.2 Å². The molecule has 0 aromatic heterocycles. The monoisotopic (exact) mass is 243 g/mol. The lowest BCUT2D eigenvalue weighted by Crippen LogP contribution is -2.13. The fourth-order valence-corrected chi connectivity index (χ4v) is 2.05. The summed E-state index contributed by atoms with van der Waals surface area (Å²) in [6.45, 7) is 2.11. The summed E-state index contributed by atoms with van der Waals surface area (Å²) >= 11 is 6.21. The van der Waals surface area contributed by atoms with Crippen LogP contribution in [0.15, 0.2) is 6.07 Å². The Morgan fingerprint density at radius 1 is 1.56 bits per heavy atom. The molecule has 88 valence electrons. The number of nitrogens with two attached hydrogens (primary N) is 1. The lowest BCUT2D eigenvalue weighted by atomic mass is 10.0. The molecule has 0 radical (unpaired) electrons. The van der Waals surface area contributed by atoms with Gasteiger partial charge in [-0.25, -0.2) is 0 Å². The molecule has 2 rings (SSSR count). The van der Waals surface area contributed by atoms with E-state index >= 15 is 0 Å².